The molecule has 1 fully saturated rings. The first kappa shape index (κ1) is 10.2. The van der Waals surface area contributed by atoms with E-state index < -0.39 is 0 Å². The lowest BCUT2D eigenvalue weighted by atomic mass is 9.72. The summed E-state index contributed by atoms with van der Waals surface area (Å²) >= 11 is 0. The topological polar surface area (TPSA) is 52.6 Å². The van der Waals surface area contributed by atoms with Crippen LogP contribution in [0.1, 0.15) is 6.92 Å². The molecule has 4 heteroatoms. The van der Waals surface area contributed by atoms with Crippen LogP contribution in [0.5, 0.6) is 0 Å². The maximum atomic E-state index is 11.6. The molecule has 4 nitrogen and oxygen atoms in total. The Kier molecular flexibility index (Phi) is 2.50. The fourth-order valence-corrected chi connectivity index (χ4v) is 2.40. The van der Waals surface area contributed by atoms with Gasteiger partial charge in [-0.2, -0.15) is 0 Å². The summed E-state index contributed by atoms with van der Waals surface area (Å²) in [7, 11) is 1.35. The van der Waals surface area contributed by atoms with Crippen LogP contribution in [0.3, 0.4) is 0 Å². The molecule has 1 saturated heterocycles. The zero-order valence-electron chi connectivity index (χ0n) is 8.80. The molecule has 2 rings (SSSR count). The summed E-state index contributed by atoms with van der Waals surface area (Å²) in [5, 5.41) is 0. The smallest absolute Gasteiger partial charge is 0.310 e. The lowest BCUT2D eigenvalue weighted by molar-refractivity contribution is -0.155. The van der Waals surface area contributed by atoms with E-state index in [4.69, 9.17) is 9.47 Å². The van der Waals surface area contributed by atoms with Gasteiger partial charge in [0.15, 0.2) is 0 Å². The third-order valence-corrected chi connectivity index (χ3v) is 3.24. The molecular weight excluding hydrogens is 196 g/mol. The standard InChI is InChI=1S/C11H14O4/c1-6-3-4-7-5-15-11(13)9(7)8(6)10(12)14-2/h3-4,6-9H,5H2,1-2H3/t6-,7-,8+,9-/m1/s1. The molecule has 2 aliphatic rings. The van der Waals surface area contributed by atoms with E-state index in [0.29, 0.717) is 6.61 Å². The number of ether oxygens (including phenoxy) is 2. The lowest BCUT2D eigenvalue weighted by Gasteiger charge is -2.29. The first-order chi connectivity index (χ1) is 7.15. The Labute approximate surface area is 88.2 Å². The summed E-state index contributed by atoms with van der Waals surface area (Å²) in [6.07, 6.45) is 3.93. The van der Waals surface area contributed by atoms with Crippen LogP contribution in [-0.4, -0.2) is 25.7 Å². The fraction of sp³-hybridized carbons (Fsp3) is 0.636. The Morgan fingerprint density at radius 3 is 2.93 bits per heavy atom. The largest absolute Gasteiger partial charge is 0.469 e. The predicted octanol–water partition coefficient (Wildman–Crippen LogP) is 0.771. The quantitative estimate of drug-likeness (QED) is 0.474. The van der Waals surface area contributed by atoms with Crippen LogP contribution in [0.4, 0.5) is 0 Å². The molecule has 0 saturated carbocycles. The van der Waals surface area contributed by atoms with Crippen molar-refractivity contribution in [1.29, 1.82) is 0 Å². The molecule has 0 radical (unpaired) electrons. The molecule has 0 aromatic heterocycles. The molecule has 1 aliphatic heterocycles. The maximum absolute atomic E-state index is 11.6. The van der Waals surface area contributed by atoms with Gasteiger partial charge in [0.05, 0.1) is 25.6 Å². The zero-order valence-corrected chi connectivity index (χ0v) is 8.80. The van der Waals surface area contributed by atoms with Gasteiger partial charge in [-0.1, -0.05) is 19.1 Å². The second-order valence-electron chi connectivity index (χ2n) is 4.11. The second-order valence-corrected chi connectivity index (χ2v) is 4.11. The third kappa shape index (κ3) is 1.54. The van der Waals surface area contributed by atoms with Crippen LogP contribution in [0.2, 0.25) is 0 Å². The number of rotatable bonds is 1. The number of hydrogen-bond donors (Lipinski definition) is 0. The highest BCUT2D eigenvalue weighted by Gasteiger charge is 2.48. The Bertz CT molecular complexity index is 321. The summed E-state index contributed by atoms with van der Waals surface area (Å²) in [5.41, 5.74) is 0. The van der Waals surface area contributed by atoms with E-state index in [1.807, 2.05) is 19.1 Å². The van der Waals surface area contributed by atoms with E-state index >= 15 is 0 Å². The number of carbonyl (C=O) groups excluding carboxylic acids is 2. The highest BCUT2D eigenvalue weighted by atomic mass is 16.5. The van der Waals surface area contributed by atoms with Crippen LogP contribution in [-0.2, 0) is 19.1 Å². The molecule has 0 amide bonds. The van der Waals surface area contributed by atoms with Crippen molar-refractivity contribution in [3.05, 3.63) is 12.2 Å². The van der Waals surface area contributed by atoms with Gasteiger partial charge in [0.25, 0.3) is 0 Å². The van der Waals surface area contributed by atoms with Crippen molar-refractivity contribution >= 4 is 11.9 Å². The molecule has 0 N–H and O–H groups in total. The molecule has 0 spiro atoms. The molecule has 0 aromatic carbocycles. The molecule has 1 aliphatic carbocycles. The number of cyclic esters (lactones) is 1. The van der Waals surface area contributed by atoms with Crippen molar-refractivity contribution in [1.82, 2.24) is 0 Å². The van der Waals surface area contributed by atoms with E-state index in [-0.39, 0.29) is 35.6 Å². The zero-order chi connectivity index (χ0) is 11.0. The Morgan fingerprint density at radius 1 is 1.53 bits per heavy atom. The summed E-state index contributed by atoms with van der Waals surface area (Å²) in [6, 6.07) is 0. The minimum absolute atomic E-state index is 0.0318. The number of methoxy groups -OCH3 is 1. The van der Waals surface area contributed by atoms with Crippen molar-refractivity contribution < 1.29 is 19.1 Å². The van der Waals surface area contributed by atoms with Gasteiger partial charge in [0.1, 0.15) is 0 Å². The predicted molar refractivity (Wildman–Crippen MR) is 51.7 cm³/mol. The van der Waals surface area contributed by atoms with E-state index in [2.05, 4.69) is 0 Å². The van der Waals surface area contributed by atoms with Crippen molar-refractivity contribution in [2.45, 2.75) is 6.92 Å². The van der Waals surface area contributed by atoms with Gasteiger partial charge in [-0.15, -0.1) is 0 Å². The fourth-order valence-electron chi connectivity index (χ4n) is 2.40. The first-order valence-corrected chi connectivity index (χ1v) is 5.08. The van der Waals surface area contributed by atoms with Crippen LogP contribution in [0, 0.1) is 23.7 Å². The molecule has 4 atom stereocenters. The number of carbonyl (C=O) groups is 2. The summed E-state index contributed by atoms with van der Waals surface area (Å²) in [4.78, 5) is 23.1. The first-order valence-electron chi connectivity index (χ1n) is 5.08. The summed E-state index contributed by atoms with van der Waals surface area (Å²) in [6.45, 7) is 2.31. The van der Waals surface area contributed by atoms with Crippen LogP contribution >= 0.6 is 0 Å². The lowest BCUT2D eigenvalue weighted by Crippen LogP contribution is -2.38. The Balaban J connectivity index is 2.30. The highest BCUT2D eigenvalue weighted by Crippen LogP contribution is 2.39. The van der Waals surface area contributed by atoms with Gasteiger partial charge in [-0.25, -0.2) is 0 Å². The molecule has 0 unspecified atom stereocenters. The Hall–Kier alpha value is -1.32. The SMILES string of the molecule is COC(=O)[C@@H]1[C@@H]2C(=O)OC[C@H]2C=C[C@H]1C. The Morgan fingerprint density at radius 2 is 2.27 bits per heavy atom. The van der Waals surface area contributed by atoms with Crippen LogP contribution < -0.4 is 0 Å². The van der Waals surface area contributed by atoms with Crippen molar-refractivity contribution in [3.8, 4) is 0 Å². The molecule has 82 valence electrons. The van der Waals surface area contributed by atoms with Crippen LogP contribution in [0.25, 0.3) is 0 Å². The van der Waals surface area contributed by atoms with Crippen LogP contribution in [0.15, 0.2) is 12.2 Å². The molecule has 1 heterocycles. The third-order valence-electron chi connectivity index (χ3n) is 3.24. The normalized spacial score (nSPS) is 38.4. The van der Waals surface area contributed by atoms with E-state index in [0.717, 1.165) is 0 Å². The minimum Gasteiger partial charge on any atom is -0.469 e. The van der Waals surface area contributed by atoms with E-state index in [9.17, 15) is 9.59 Å². The average molecular weight is 210 g/mol. The summed E-state index contributed by atoms with van der Waals surface area (Å²) < 4.78 is 9.71. The van der Waals surface area contributed by atoms with E-state index in [1.54, 1.807) is 0 Å². The van der Waals surface area contributed by atoms with Gasteiger partial charge in [0, 0.05) is 5.92 Å². The van der Waals surface area contributed by atoms with Crippen molar-refractivity contribution in [2.24, 2.45) is 23.7 Å². The van der Waals surface area contributed by atoms with Gasteiger partial charge in [0.2, 0.25) is 0 Å². The van der Waals surface area contributed by atoms with Gasteiger partial charge >= 0.3 is 11.9 Å². The molecule has 15 heavy (non-hydrogen) atoms. The van der Waals surface area contributed by atoms with Gasteiger partial charge in [-0.3, -0.25) is 9.59 Å². The summed E-state index contributed by atoms with van der Waals surface area (Å²) in [5.74, 6) is -1.26. The van der Waals surface area contributed by atoms with E-state index in [1.165, 1.54) is 7.11 Å². The second kappa shape index (κ2) is 3.68. The highest BCUT2D eigenvalue weighted by molar-refractivity contribution is 5.84. The van der Waals surface area contributed by atoms with Crippen molar-refractivity contribution in [2.75, 3.05) is 13.7 Å². The van der Waals surface area contributed by atoms with Gasteiger partial charge in [-0.05, 0) is 5.92 Å². The van der Waals surface area contributed by atoms with Crippen molar-refractivity contribution in [3.63, 3.8) is 0 Å². The minimum atomic E-state index is -0.389. The molecule has 0 bridgehead atoms. The molecular formula is C11H14O4. The number of allylic oxidation sites excluding steroid dienone is 1. The number of fused-ring (bicyclic) bond motifs is 1. The van der Waals surface area contributed by atoms with Gasteiger partial charge < -0.3 is 9.47 Å². The average Bonchev–Trinajstić information content (AvgIpc) is 2.60. The number of esters is 2. The maximum Gasteiger partial charge on any atom is 0.310 e. The number of hydrogen-bond acceptors (Lipinski definition) is 4. The molecule has 0 aromatic rings. The monoisotopic (exact) mass is 210 g/mol.